The quantitative estimate of drug-likeness (QED) is 0.659. The minimum atomic E-state index is -3.87. The van der Waals surface area contributed by atoms with Gasteiger partial charge in [-0.15, -0.1) is 0 Å². The van der Waals surface area contributed by atoms with Gasteiger partial charge in [0, 0.05) is 23.2 Å². The van der Waals surface area contributed by atoms with E-state index in [-0.39, 0.29) is 33.6 Å². The van der Waals surface area contributed by atoms with E-state index < -0.39 is 10.0 Å². The van der Waals surface area contributed by atoms with Crippen molar-refractivity contribution in [1.82, 2.24) is 14.5 Å². The molecule has 0 saturated heterocycles. The summed E-state index contributed by atoms with van der Waals surface area (Å²) in [6.07, 6.45) is 0. The predicted octanol–water partition coefficient (Wildman–Crippen LogP) is 3.20. The molecular weight excluding hydrogens is 409 g/mol. The molecule has 9 heteroatoms. The summed E-state index contributed by atoms with van der Waals surface area (Å²) in [6, 6.07) is 16.6. The normalized spacial score (nSPS) is 11.5. The molecular formula is C18H15Cl2N3O3S. The molecule has 0 aliphatic rings. The first-order valence-electron chi connectivity index (χ1n) is 7.95. The summed E-state index contributed by atoms with van der Waals surface area (Å²) in [7, 11) is -3.87. The van der Waals surface area contributed by atoms with Crippen molar-refractivity contribution >= 4 is 33.2 Å². The molecule has 0 unspecified atom stereocenters. The number of aromatic nitrogens is 2. The lowest BCUT2D eigenvalue weighted by Crippen LogP contribution is -2.32. The molecule has 6 nitrogen and oxygen atoms in total. The molecule has 1 heterocycles. The Labute approximate surface area is 166 Å². The van der Waals surface area contributed by atoms with E-state index in [0.29, 0.717) is 5.69 Å². The number of benzene rings is 2. The number of nitrogens with zero attached hydrogens (tertiary/aromatic N) is 2. The lowest BCUT2D eigenvalue weighted by Gasteiger charge is -2.10. The Morgan fingerprint density at radius 1 is 1.00 bits per heavy atom. The maximum Gasteiger partial charge on any atom is 0.266 e. The zero-order valence-electron chi connectivity index (χ0n) is 14.0. The maximum atomic E-state index is 12.4. The van der Waals surface area contributed by atoms with Crippen LogP contribution in [-0.4, -0.2) is 24.7 Å². The van der Waals surface area contributed by atoms with Crippen LogP contribution in [0.3, 0.4) is 0 Å². The summed E-state index contributed by atoms with van der Waals surface area (Å²) in [5, 5.41) is 4.61. The van der Waals surface area contributed by atoms with Crippen LogP contribution >= 0.6 is 23.2 Å². The molecule has 3 aromatic rings. The molecule has 1 aromatic heterocycles. The highest BCUT2D eigenvalue weighted by atomic mass is 35.5. The Morgan fingerprint density at radius 2 is 1.74 bits per heavy atom. The third-order valence-electron chi connectivity index (χ3n) is 3.73. The van der Waals surface area contributed by atoms with Crippen molar-refractivity contribution in [3.05, 3.63) is 81.1 Å². The van der Waals surface area contributed by atoms with E-state index in [9.17, 15) is 13.2 Å². The van der Waals surface area contributed by atoms with E-state index in [1.807, 2.05) is 30.3 Å². The van der Waals surface area contributed by atoms with Crippen molar-refractivity contribution in [3.63, 3.8) is 0 Å². The zero-order valence-corrected chi connectivity index (χ0v) is 16.3. The van der Waals surface area contributed by atoms with Gasteiger partial charge in [-0.2, -0.15) is 5.10 Å². The van der Waals surface area contributed by atoms with Crippen LogP contribution in [0.1, 0.15) is 0 Å². The summed E-state index contributed by atoms with van der Waals surface area (Å²) in [4.78, 5) is 11.9. The van der Waals surface area contributed by atoms with Gasteiger partial charge in [0.2, 0.25) is 10.0 Å². The van der Waals surface area contributed by atoms with Crippen LogP contribution in [0.2, 0.25) is 10.0 Å². The lowest BCUT2D eigenvalue weighted by atomic mass is 10.1. The van der Waals surface area contributed by atoms with Crippen LogP contribution in [0.4, 0.5) is 0 Å². The van der Waals surface area contributed by atoms with Gasteiger partial charge in [0.25, 0.3) is 5.56 Å². The van der Waals surface area contributed by atoms with Gasteiger partial charge in [-0.3, -0.25) is 4.79 Å². The zero-order chi connectivity index (χ0) is 19.4. The van der Waals surface area contributed by atoms with Gasteiger partial charge < -0.3 is 0 Å². The van der Waals surface area contributed by atoms with Gasteiger partial charge in [-0.05, 0) is 24.3 Å². The van der Waals surface area contributed by atoms with Crippen molar-refractivity contribution in [2.24, 2.45) is 0 Å². The first-order chi connectivity index (χ1) is 12.9. The molecule has 0 amide bonds. The van der Waals surface area contributed by atoms with E-state index >= 15 is 0 Å². The van der Waals surface area contributed by atoms with Crippen molar-refractivity contribution in [3.8, 4) is 11.3 Å². The van der Waals surface area contributed by atoms with Crippen molar-refractivity contribution in [2.75, 3.05) is 6.54 Å². The van der Waals surface area contributed by atoms with E-state index in [1.165, 1.54) is 28.9 Å². The third-order valence-corrected chi connectivity index (χ3v) is 5.91. The summed E-state index contributed by atoms with van der Waals surface area (Å²) in [5.74, 6) is 0. The minimum Gasteiger partial charge on any atom is -0.268 e. The predicted molar refractivity (Wildman–Crippen MR) is 106 cm³/mol. The molecule has 0 aliphatic carbocycles. The average molecular weight is 424 g/mol. The smallest absolute Gasteiger partial charge is 0.266 e. The van der Waals surface area contributed by atoms with E-state index in [0.717, 1.165) is 5.56 Å². The molecule has 140 valence electrons. The molecule has 0 bridgehead atoms. The Hall–Kier alpha value is -2.19. The first-order valence-corrected chi connectivity index (χ1v) is 10.2. The van der Waals surface area contributed by atoms with Crippen LogP contribution in [0, 0.1) is 0 Å². The average Bonchev–Trinajstić information content (AvgIpc) is 2.66. The van der Waals surface area contributed by atoms with Crippen molar-refractivity contribution in [1.29, 1.82) is 0 Å². The number of hydrogen-bond acceptors (Lipinski definition) is 4. The molecule has 3 rings (SSSR count). The number of nitrogens with one attached hydrogen (secondary N) is 1. The molecule has 0 radical (unpaired) electrons. The van der Waals surface area contributed by atoms with Gasteiger partial charge >= 0.3 is 0 Å². The number of halogens is 2. The van der Waals surface area contributed by atoms with Gasteiger partial charge in [-0.1, -0.05) is 53.5 Å². The van der Waals surface area contributed by atoms with Crippen molar-refractivity contribution < 1.29 is 8.42 Å². The van der Waals surface area contributed by atoms with E-state index in [2.05, 4.69) is 9.82 Å². The largest absolute Gasteiger partial charge is 0.268 e. The first kappa shape index (κ1) is 19.6. The highest BCUT2D eigenvalue weighted by molar-refractivity contribution is 7.89. The molecule has 0 aliphatic heterocycles. The fourth-order valence-electron chi connectivity index (χ4n) is 2.42. The van der Waals surface area contributed by atoms with Gasteiger partial charge in [0.15, 0.2) is 0 Å². The molecule has 0 fully saturated rings. The molecule has 1 N–H and O–H groups in total. The summed E-state index contributed by atoms with van der Waals surface area (Å²) >= 11 is 11.8. The Morgan fingerprint density at radius 3 is 2.48 bits per heavy atom. The molecule has 2 aromatic carbocycles. The molecule has 27 heavy (non-hydrogen) atoms. The summed E-state index contributed by atoms with van der Waals surface area (Å²) in [5.41, 5.74) is 1.16. The van der Waals surface area contributed by atoms with Crippen LogP contribution in [0.5, 0.6) is 0 Å². The SMILES string of the molecule is O=c1ccc(-c2ccccc2)nn1CCNS(=O)(=O)c1cc(Cl)ccc1Cl. The van der Waals surface area contributed by atoms with Crippen LogP contribution < -0.4 is 10.3 Å². The van der Waals surface area contributed by atoms with Crippen LogP contribution in [-0.2, 0) is 16.6 Å². The summed E-state index contributed by atoms with van der Waals surface area (Å²) < 4.78 is 28.4. The highest BCUT2D eigenvalue weighted by Crippen LogP contribution is 2.24. The second kappa shape index (κ2) is 8.22. The molecule has 0 saturated carbocycles. The van der Waals surface area contributed by atoms with Gasteiger partial charge in [0.05, 0.1) is 17.3 Å². The Balaban J connectivity index is 1.75. The lowest BCUT2D eigenvalue weighted by molar-refractivity contribution is 0.549. The second-order valence-corrected chi connectivity index (χ2v) is 8.20. The van der Waals surface area contributed by atoms with Crippen LogP contribution in [0.25, 0.3) is 11.3 Å². The summed E-state index contributed by atoms with van der Waals surface area (Å²) in [6.45, 7) is 0.0350. The molecule has 0 atom stereocenters. The second-order valence-electron chi connectivity index (χ2n) is 5.62. The fourth-order valence-corrected chi connectivity index (χ4v) is 4.20. The number of hydrogen-bond donors (Lipinski definition) is 1. The van der Waals surface area contributed by atoms with E-state index in [4.69, 9.17) is 23.2 Å². The fraction of sp³-hybridized carbons (Fsp3) is 0.111. The monoisotopic (exact) mass is 423 g/mol. The minimum absolute atomic E-state index is 0.0314. The van der Waals surface area contributed by atoms with Crippen molar-refractivity contribution in [2.45, 2.75) is 11.4 Å². The van der Waals surface area contributed by atoms with Gasteiger partial charge in [-0.25, -0.2) is 17.8 Å². The number of sulfonamides is 1. The Bertz CT molecular complexity index is 1120. The van der Waals surface area contributed by atoms with Crippen LogP contribution in [0.15, 0.2) is 70.4 Å². The van der Waals surface area contributed by atoms with Gasteiger partial charge in [0.1, 0.15) is 4.90 Å². The highest BCUT2D eigenvalue weighted by Gasteiger charge is 2.18. The molecule has 0 spiro atoms. The maximum absolute atomic E-state index is 12.4. The Kier molecular flexibility index (Phi) is 5.96. The van der Waals surface area contributed by atoms with E-state index in [1.54, 1.807) is 6.07 Å². The standard InChI is InChI=1S/C18H15Cl2N3O3S/c19-14-6-7-15(20)17(12-14)27(25,26)21-10-11-23-18(24)9-8-16(22-23)13-4-2-1-3-5-13/h1-9,12,21H,10-11H2. The topological polar surface area (TPSA) is 81.1 Å². The third kappa shape index (κ3) is 4.75. The number of rotatable bonds is 6.